The molecule has 6 heteroatoms. The number of likely N-dealkylation sites (N-methyl/N-ethyl adjacent to an activating group) is 1. The molecule has 0 aromatic carbocycles. The zero-order valence-corrected chi connectivity index (χ0v) is 37.4. The van der Waals surface area contributed by atoms with Crippen LogP contribution >= 0.6 is 0 Å². The molecule has 0 aliphatic rings. The van der Waals surface area contributed by atoms with Crippen molar-refractivity contribution in [3.63, 3.8) is 0 Å². The van der Waals surface area contributed by atoms with Crippen LogP contribution in [0.15, 0.2) is 12.2 Å². The van der Waals surface area contributed by atoms with E-state index < -0.39 is 0 Å². The minimum atomic E-state index is 0.213. The maximum Gasteiger partial charge on any atom is 0.220 e. The molecule has 0 bridgehead atoms. The Kier molecular flexibility index (Phi) is 43.9. The van der Waals surface area contributed by atoms with E-state index in [1.54, 1.807) is 0 Å². The number of nitrogens with zero attached hydrogens (tertiary/aromatic N) is 2. The first-order chi connectivity index (χ1) is 25.8. The van der Waals surface area contributed by atoms with Crippen LogP contribution in [0.2, 0.25) is 0 Å². The van der Waals surface area contributed by atoms with Crippen LogP contribution in [0.5, 0.6) is 0 Å². The summed E-state index contributed by atoms with van der Waals surface area (Å²) in [6.45, 7) is 12.1. The highest BCUT2D eigenvalue weighted by atomic mass is 16.2. The molecule has 2 N–H and O–H groups in total. The van der Waals surface area contributed by atoms with Crippen LogP contribution in [-0.4, -0.2) is 76.0 Å². The zero-order chi connectivity index (χ0) is 39.6. The second-order valence-corrected chi connectivity index (χ2v) is 16.2. The molecule has 0 spiro atoms. The summed E-state index contributed by atoms with van der Waals surface area (Å²) >= 11 is 0. The number of unbranched alkanes of at least 4 members (excludes halogenated alkanes) is 17. The fourth-order valence-electron chi connectivity index (χ4n) is 7.32. The van der Waals surface area contributed by atoms with Crippen LogP contribution in [0, 0.1) is 11.8 Å². The van der Waals surface area contributed by atoms with Gasteiger partial charge in [0.25, 0.3) is 0 Å². The molecule has 0 rings (SSSR count). The summed E-state index contributed by atoms with van der Waals surface area (Å²) in [5.41, 5.74) is 0. The van der Waals surface area contributed by atoms with Gasteiger partial charge in [-0.25, -0.2) is 0 Å². The molecule has 2 amide bonds. The summed E-state index contributed by atoms with van der Waals surface area (Å²) in [6.07, 6.45) is 41.3. The molecule has 0 aliphatic heterocycles. The first-order valence-corrected chi connectivity index (χ1v) is 23.3. The summed E-state index contributed by atoms with van der Waals surface area (Å²) in [7, 11) is 8.24. The minimum Gasteiger partial charge on any atom is -0.356 e. The summed E-state index contributed by atoms with van der Waals surface area (Å²) in [5.74, 6) is 2.16. The van der Waals surface area contributed by atoms with E-state index in [0.29, 0.717) is 12.8 Å². The van der Waals surface area contributed by atoms with Gasteiger partial charge >= 0.3 is 0 Å². The maximum absolute atomic E-state index is 12.2. The first kappa shape index (κ1) is 53.7. The molecule has 0 aliphatic carbocycles. The lowest BCUT2D eigenvalue weighted by Crippen LogP contribution is -2.31. The normalized spacial score (nSPS) is 12.6. The molecular formula is C47H96N4O2. The monoisotopic (exact) mass is 749 g/mol. The summed E-state index contributed by atoms with van der Waals surface area (Å²) in [6, 6.07) is 0. The van der Waals surface area contributed by atoms with Crippen molar-refractivity contribution in [1.29, 1.82) is 0 Å². The van der Waals surface area contributed by atoms with Gasteiger partial charge in [0.2, 0.25) is 11.8 Å². The number of carbonyl (C=O) groups is 2. The SMILES string of the molecule is CC.CCCCC/C=C\CCC(CCCCCCCC(=O)NCCCN(C)C)C(CCCCCCCC)CCCCCCCCC(=O)NCCN(C)C. The van der Waals surface area contributed by atoms with E-state index >= 15 is 0 Å². The van der Waals surface area contributed by atoms with Gasteiger partial charge < -0.3 is 20.4 Å². The first-order valence-electron chi connectivity index (χ1n) is 23.3. The van der Waals surface area contributed by atoms with Crippen LogP contribution in [0.1, 0.15) is 214 Å². The summed E-state index contributed by atoms with van der Waals surface area (Å²) in [4.78, 5) is 28.6. The van der Waals surface area contributed by atoms with Gasteiger partial charge in [-0.1, -0.05) is 168 Å². The standard InChI is InChI=1S/C45H90N4O2.C2H6/c1-7-9-11-13-15-20-26-33-43(35-28-22-18-24-30-36-44(50)46-38-31-40-48(3)4)42(32-25-19-14-12-10-8-2)34-27-21-16-17-23-29-37-45(51)47-39-41-49(5)6;1-2/h15,20,42-43H,7-14,16-19,21-41H2,1-6H3,(H,46,50)(H,47,51);1-2H3/b20-15-;. The molecule has 0 aromatic rings. The molecule has 0 aromatic heterocycles. The predicted molar refractivity (Wildman–Crippen MR) is 236 cm³/mol. The third kappa shape index (κ3) is 41.6. The Morgan fingerprint density at radius 3 is 1.34 bits per heavy atom. The fraction of sp³-hybridized carbons (Fsp3) is 0.915. The molecule has 316 valence electrons. The highest BCUT2D eigenvalue weighted by Gasteiger charge is 2.20. The maximum atomic E-state index is 12.2. The molecule has 2 atom stereocenters. The number of hydrogen-bond donors (Lipinski definition) is 2. The van der Waals surface area contributed by atoms with E-state index in [9.17, 15) is 9.59 Å². The molecule has 0 saturated carbocycles. The average Bonchev–Trinajstić information content (AvgIpc) is 3.14. The van der Waals surface area contributed by atoms with Crippen LogP contribution in [0.3, 0.4) is 0 Å². The van der Waals surface area contributed by atoms with E-state index in [0.717, 1.165) is 57.3 Å². The van der Waals surface area contributed by atoms with Gasteiger partial charge in [-0.05, 0) is 91.5 Å². The lowest BCUT2D eigenvalue weighted by molar-refractivity contribution is -0.122. The largest absolute Gasteiger partial charge is 0.356 e. The van der Waals surface area contributed by atoms with Gasteiger partial charge in [-0.15, -0.1) is 0 Å². The quantitative estimate of drug-likeness (QED) is 0.0485. The number of hydrogen-bond acceptors (Lipinski definition) is 4. The molecule has 53 heavy (non-hydrogen) atoms. The van der Waals surface area contributed by atoms with Crippen LogP contribution in [0.25, 0.3) is 0 Å². The molecule has 0 saturated heterocycles. The second kappa shape index (κ2) is 43.3. The van der Waals surface area contributed by atoms with Crippen LogP contribution in [0.4, 0.5) is 0 Å². The Hall–Kier alpha value is -1.40. The van der Waals surface area contributed by atoms with Gasteiger partial charge in [-0.2, -0.15) is 0 Å². The molecule has 0 radical (unpaired) electrons. The van der Waals surface area contributed by atoms with Gasteiger partial charge in [0, 0.05) is 32.5 Å². The van der Waals surface area contributed by atoms with E-state index in [1.807, 2.05) is 27.9 Å². The zero-order valence-electron chi connectivity index (χ0n) is 37.4. The number of amides is 2. The highest BCUT2D eigenvalue weighted by molar-refractivity contribution is 5.76. The van der Waals surface area contributed by atoms with Crippen molar-refractivity contribution in [1.82, 2.24) is 20.4 Å². The Morgan fingerprint density at radius 2 is 0.849 bits per heavy atom. The Morgan fingerprint density at radius 1 is 0.453 bits per heavy atom. The molecule has 2 unspecified atom stereocenters. The number of carbonyl (C=O) groups excluding carboxylic acids is 2. The third-order valence-corrected chi connectivity index (χ3v) is 10.6. The Labute approximate surface area is 333 Å². The Bertz CT molecular complexity index is 785. The van der Waals surface area contributed by atoms with Gasteiger partial charge in [0.15, 0.2) is 0 Å². The Balaban J connectivity index is 0. The minimum absolute atomic E-state index is 0.213. The lowest BCUT2D eigenvalue weighted by Gasteiger charge is -2.28. The van der Waals surface area contributed by atoms with Crippen LogP contribution < -0.4 is 10.6 Å². The second-order valence-electron chi connectivity index (χ2n) is 16.2. The third-order valence-electron chi connectivity index (χ3n) is 10.6. The number of nitrogens with one attached hydrogen (secondary N) is 2. The molecule has 6 nitrogen and oxygen atoms in total. The van der Waals surface area contributed by atoms with Crippen molar-refractivity contribution in [3.05, 3.63) is 12.2 Å². The number of allylic oxidation sites excluding steroid dienone is 2. The highest BCUT2D eigenvalue weighted by Crippen LogP contribution is 2.33. The predicted octanol–water partition coefficient (Wildman–Crippen LogP) is 12.5. The fourth-order valence-corrected chi connectivity index (χ4v) is 7.32. The van der Waals surface area contributed by atoms with Crippen LogP contribution in [-0.2, 0) is 9.59 Å². The van der Waals surface area contributed by atoms with E-state index in [-0.39, 0.29) is 11.8 Å². The van der Waals surface area contributed by atoms with Gasteiger partial charge in [-0.3, -0.25) is 9.59 Å². The topological polar surface area (TPSA) is 64.7 Å². The van der Waals surface area contributed by atoms with Crippen molar-refractivity contribution in [3.8, 4) is 0 Å². The number of rotatable bonds is 39. The lowest BCUT2D eigenvalue weighted by atomic mass is 9.78. The van der Waals surface area contributed by atoms with Crippen molar-refractivity contribution in [2.24, 2.45) is 11.8 Å². The molecule has 0 fully saturated rings. The van der Waals surface area contributed by atoms with Gasteiger partial charge in [0.05, 0.1) is 0 Å². The summed E-state index contributed by atoms with van der Waals surface area (Å²) in [5, 5.41) is 6.15. The smallest absolute Gasteiger partial charge is 0.220 e. The van der Waals surface area contributed by atoms with E-state index in [1.165, 1.54) is 154 Å². The summed E-state index contributed by atoms with van der Waals surface area (Å²) < 4.78 is 0. The van der Waals surface area contributed by atoms with Crippen molar-refractivity contribution in [2.45, 2.75) is 214 Å². The van der Waals surface area contributed by atoms with Crippen molar-refractivity contribution >= 4 is 11.8 Å². The average molecular weight is 749 g/mol. The van der Waals surface area contributed by atoms with E-state index in [4.69, 9.17) is 0 Å². The molecular weight excluding hydrogens is 653 g/mol. The van der Waals surface area contributed by atoms with Crippen molar-refractivity contribution in [2.75, 3.05) is 54.4 Å². The van der Waals surface area contributed by atoms with E-state index in [2.05, 4.69) is 60.5 Å². The van der Waals surface area contributed by atoms with Gasteiger partial charge in [0.1, 0.15) is 0 Å². The van der Waals surface area contributed by atoms with Crippen molar-refractivity contribution < 1.29 is 9.59 Å². The molecule has 0 heterocycles.